The van der Waals surface area contributed by atoms with E-state index >= 15 is 8.78 Å². The van der Waals surface area contributed by atoms with Crippen molar-refractivity contribution < 1.29 is 36.2 Å². The molecule has 1 aliphatic carbocycles. The molecule has 0 aliphatic heterocycles. The average Bonchev–Trinajstić information content (AvgIpc) is 3.64. The Hall–Kier alpha value is -5.36. The first-order chi connectivity index (χ1) is 24.4. The molecule has 0 radical (unpaired) electrons. The number of benzene rings is 2. The Morgan fingerprint density at radius 1 is 1.06 bits per heavy atom. The first-order valence-corrected chi connectivity index (χ1v) is 16.3. The Morgan fingerprint density at radius 3 is 2.40 bits per heavy atom. The van der Waals surface area contributed by atoms with Crippen LogP contribution in [0.1, 0.15) is 80.0 Å². The Bertz CT molecular complexity index is 2240. The fourth-order valence-electron chi connectivity index (χ4n) is 6.74. The van der Waals surface area contributed by atoms with Crippen molar-refractivity contribution in [2.24, 2.45) is 13.0 Å². The molecule has 2 aromatic carbocycles. The van der Waals surface area contributed by atoms with Gasteiger partial charge in [0.25, 0.3) is 12.3 Å². The maximum absolute atomic E-state index is 15.5. The summed E-state index contributed by atoms with van der Waals surface area (Å²) in [6, 6.07) is 10.1. The smallest absolute Gasteiger partial charge is 0.292 e. The van der Waals surface area contributed by atoms with E-state index in [4.69, 9.17) is 10.7 Å². The van der Waals surface area contributed by atoms with E-state index in [1.54, 1.807) is 42.1 Å². The summed E-state index contributed by atoms with van der Waals surface area (Å²) in [6.45, 7) is 4.73. The number of aryl methyl sites for hydroxylation is 1. The molecule has 9 nitrogen and oxygen atoms in total. The normalized spacial score (nSPS) is 17.2. The van der Waals surface area contributed by atoms with E-state index in [-0.39, 0.29) is 34.8 Å². The lowest BCUT2D eigenvalue weighted by atomic mass is 9.93. The molecule has 0 saturated heterocycles. The molecule has 0 saturated carbocycles. The minimum Gasteiger partial charge on any atom is -0.382 e. The molecule has 3 heterocycles. The second-order valence-electron chi connectivity index (χ2n) is 13.6. The molecular weight excluding hydrogens is 688 g/mol. The molecule has 0 unspecified atom stereocenters. The van der Waals surface area contributed by atoms with E-state index < -0.39 is 71.3 Å². The Morgan fingerprint density at radius 2 is 1.75 bits per heavy atom. The summed E-state index contributed by atoms with van der Waals surface area (Å²) in [4.78, 5) is 18.6. The lowest BCUT2D eigenvalue weighted by Gasteiger charge is -2.23. The summed E-state index contributed by atoms with van der Waals surface area (Å²) in [6.07, 6.45) is -3.42. The van der Waals surface area contributed by atoms with Gasteiger partial charge in [0.15, 0.2) is 5.82 Å². The van der Waals surface area contributed by atoms with Gasteiger partial charge in [-0.05, 0) is 68.0 Å². The molecule has 1 aliphatic rings. The van der Waals surface area contributed by atoms with Crippen LogP contribution in [0, 0.1) is 29.4 Å². The van der Waals surface area contributed by atoms with Gasteiger partial charge >= 0.3 is 0 Å². The average molecular weight is 724 g/mol. The van der Waals surface area contributed by atoms with Crippen LogP contribution in [0.15, 0.2) is 48.5 Å². The number of alkyl halides is 4. The molecular formula is C37H35F6N7O2. The molecule has 3 aromatic heterocycles. The number of nitrogen functional groups attached to an aromatic ring is 1. The fourth-order valence-corrected chi connectivity index (χ4v) is 6.74. The van der Waals surface area contributed by atoms with Crippen molar-refractivity contribution in [2.45, 2.75) is 70.6 Å². The number of aliphatic hydroxyl groups is 1. The van der Waals surface area contributed by atoms with Crippen molar-refractivity contribution in [1.82, 2.24) is 29.9 Å². The van der Waals surface area contributed by atoms with Crippen LogP contribution >= 0.6 is 0 Å². The highest BCUT2D eigenvalue weighted by atomic mass is 19.3. The number of aromatic nitrogens is 5. The third-order valence-electron chi connectivity index (χ3n) is 9.24. The van der Waals surface area contributed by atoms with Gasteiger partial charge in [-0.25, -0.2) is 22.5 Å². The first kappa shape index (κ1) is 36.4. The lowest BCUT2D eigenvalue weighted by molar-refractivity contribution is -0.123. The molecule has 5 aromatic rings. The minimum atomic E-state index is -3.56. The number of para-hydroxylation sites is 1. The number of nitrogens with one attached hydrogen (secondary N) is 1. The quantitative estimate of drug-likeness (QED) is 0.121. The number of hydrogen-bond donors (Lipinski definition) is 3. The zero-order chi connectivity index (χ0) is 37.9. The highest BCUT2D eigenvalue weighted by Gasteiger charge is 2.55. The summed E-state index contributed by atoms with van der Waals surface area (Å²) in [7, 11) is 1.68. The third-order valence-corrected chi connectivity index (χ3v) is 9.24. The maximum Gasteiger partial charge on any atom is 0.292 e. The maximum atomic E-state index is 15.5. The predicted octanol–water partition coefficient (Wildman–Crippen LogP) is 6.70. The zero-order valence-corrected chi connectivity index (χ0v) is 28.8. The Balaban J connectivity index is 1.50. The summed E-state index contributed by atoms with van der Waals surface area (Å²) in [5.74, 6) is -2.80. The van der Waals surface area contributed by atoms with E-state index in [9.17, 15) is 27.5 Å². The summed E-state index contributed by atoms with van der Waals surface area (Å²) < 4.78 is 90.2. The first-order valence-electron chi connectivity index (χ1n) is 16.3. The van der Waals surface area contributed by atoms with Crippen LogP contribution in [0.25, 0.3) is 22.0 Å². The van der Waals surface area contributed by atoms with Crippen molar-refractivity contribution >= 4 is 22.6 Å². The number of carbonyl (C=O) groups excluding carboxylic acids is 1. The van der Waals surface area contributed by atoms with Gasteiger partial charge < -0.3 is 16.2 Å². The van der Waals surface area contributed by atoms with Gasteiger partial charge in [0.2, 0.25) is 5.91 Å². The number of nitrogens with two attached hydrogens (primary N) is 1. The molecule has 3 atom stereocenters. The molecule has 272 valence electrons. The topological polar surface area (TPSA) is 124 Å². The van der Waals surface area contributed by atoms with E-state index in [2.05, 4.69) is 27.4 Å². The van der Waals surface area contributed by atoms with E-state index in [1.807, 2.05) is 0 Å². The molecule has 4 N–H and O–H groups in total. The molecule has 52 heavy (non-hydrogen) atoms. The highest BCUT2D eigenvalue weighted by molar-refractivity contribution is 6.00. The van der Waals surface area contributed by atoms with Crippen LogP contribution in [0.3, 0.4) is 0 Å². The standard InChI is InChI=1S/C37H35F6N7O2/c1-18-19(2)37(42,43)33-29(18)31(34(40)41)47-50(33)17-28(51)46-27(15-20-13-21(38)16-22(39)14-20)30-24(10-9-23(45-30)11-12-36(3,4)52)25-7-6-8-26-32(25)49(5)48-35(26)44/h6-10,13-14,16,18-19,27,34,52H,15,17H2,1-5H3,(H2,44,48)(H,46,51)/t18-,19+,27-/m0/s1. The molecule has 0 spiro atoms. The number of pyridine rings is 1. The van der Waals surface area contributed by atoms with Crippen molar-refractivity contribution in [3.63, 3.8) is 0 Å². The van der Waals surface area contributed by atoms with Gasteiger partial charge in [0.1, 0.15) is 40.9 Å². The fraction of sp³-hybridized carbons (Fsp3) is 0.351. The molecule has 15 heteroatoms. The van der Waals surface area contributed by atoms with Gasteiger partial charge in [-0.3, -0.25) is 14.2 Å². The van der Waals surface area contributed by atoms with Crippen molar-refractivity contribution in [3.05, 3.63) is 94.1 Å². The Labute approximate surface area is 294 Å². The van der Waals surface area contributed by atoms with E-state index in [0.717, 1.165) is 12.1 Å². The van der Waals surface area contributed by atoms with Crippen LogP contribution in [-0.4, -0.2) is 41.2 Å². The van der Waals surface area contributed by atoms with E-state index in [0.29, 0.717) is 32.8 Å². The highest BCUT2D eigenvalue weighted by Crippen LogP contribution is 2.54. The number of rotatable bonds is 8. The number of fused-ring (bicyclic) bond motifs is 2. The number of halogens is 6. The molecule has 0 bridgehead atoms. The van der Waals surface area contributed by atoms with Crippen LogP contribution in [0.4, 0.5) is 32.2 Å². The van der Waals surface area contributed by atoms with Crippen LogP contribution in [0.5, 0.6) is 0 Å². The predicted molar refractivity (Wildman–Crippen MR) is 181 cm³/mol. The second-order valence-corrected chi connectivity index (χ2v) is 13.6. The third kappa shape index (κ3) is 6.82. The number of amides is 1. The van der Waals surface area contributed by atoms with Crippen LogP contribution < -0.4 is 11.1 Å². The van der Waals surface area contributed by atoms with Crippen molar-refractivity contribution in [1.29, 1.82) is 0 Å². The minimum absolute atomic E-state index is 0.112. The summed E-state index contributed by atoms with van der Waals surface area (Å²) in [5.41, 5.74) is 4.90. The monoisotopic (exact) mass is 723 g/mol. The summed E-state index contributed by atoms with van der Waals surface area (Å²) >= 11 is 0. The van der Waals surface area contributed by atoms with Crippen molar-refractivity contribution in [2.75, 3.05) is 5.73 Å². The molecule has 0 fully saturated rings. The van der Waals surface area contributed by atoms with Gasteiger partial charge in [-0.1, -0.05) is 31.9 Å². The molecule has 1 amide bonds. The SMILES string of the molecule is C[C@@H]1c2c(C(F)F)nn(CC(=O)N[C@@H](Cc3cc(F)cc(F)c3)c3nc(C#CC(C)(C)O)ccc3-c3cccc4c(N)nn(C)c34)c2C(F)(F)[C@@H]1C. The van der Waals surface area contributed by atoms with Crippen molar-refractivity contribution in [3.8, 4) is 23.0 Å². The van der Waals surface area contributed by atoms with Gasteiger partial charge in [-0.2, -0.15) is 19.0 Å². The number of anilines is 1. The van der Waals surface area contributed by atoms with E-state index in [1.165, 1.54) is 27.7 Å². The van der Waals surface area contributed by atoms with Crippen LogP contribution in [0.2, 0.25) is 0 Å². The number of carbonyl (C=O) groups is 1. The Kier molecular flexibility index (Phi) is 9.33. The van der Waals surface area contributed by atoms with Gasteiger partial charge in [0, 0.05) is 41.1 Å². The summed E-state index contributed by atoms with van der Waals surface area (Å²) in [5, 5.41) is 21.7. The lowest BCUT2D eigenvalue weighted by Crippen LogP contribution is -2.35. The second kappa shape index (κ2) is 13.3. The van der Waals surface area contributed by atoms with Gasteiger partial charge in [0.05, 0.1) is 17.3 Å². The van der Waals surface area contributed by atoms with Gasteiger partial charge in [-0.15, -0.1) is 0 Å². The molecule has 6 rings (SSSR count). The number of hydrogen-bond acceptors (Lipinski definition) is 6. The number of nitrogens with zero attached hydrogens (tertiary/aromatic N) is 5. The largest absolute Gasteiger partial charge is 0.382 e. The van der Waals surface area contributed by atoms with Crippen LogP contribution in [-0.2, 0) is 30.7 Å². The zero-order valence-electron chi connectivity index (χ0n) is 28.8.